The van der Waals surface area contributed by atoms with Gasteiger partial charge in [0.2, 0.25) is 0 Å². The monoisotopic (exact) mass is 178 g/mol. The van der Waals surface area contributed by atoms with Gasteiger partial charge in [0, 0.05) is 6.20 Å². The Morgan fingerprint density at radius 1 is 1.62 bits per heavy atom. The van der Waals surface area contributed by atoms with Crippen LogP contribution in [0, 0.1) is 0 Å². The predicted octanol–water partition coefficient (Wildman–Crippen LogP) is 0.572. The maximum absolute atomic E-state index is 4.51. The molecule has 13 heavy (non-hydrogen) atoms. The standard InChI is InChI=1S/C9H14N4/c1-3-10-9(2)11-8-6-4-5-7-13(8)12-9/h4-7,10,12H,3H2,1-2H3. The Morgan fingerprint density at radius 3 is 3.15 bits per heavy atom. The van der Waals surface area contributed by atoms with Crippen molar-refractivity contribution in [2.24, 2.45) is 4.99 Å². The Morgan fingerprint density at radius 2 is 2.46 bits per heavy atom. The SMILES string of the molecule is CCNC1(C)N=C2C=CC=CN2N1. The molecule has 0 spiro atoms. The molecule has 0 aromatic heterocycles. The minimum atomic E-state index is -0.358. The van der Waals surface area contributed by atoms with E-state index in [1.807, 2.05) is 36.4 Å². The molecule has 4 heteroatoms. The van der Waals surface area contributed by atoms with Crippen LogP contribution < -0.4 is 10.7 Å². The topological polar surface area (TPSA) is 39.7 Å². The first-order valence-corrected chi connectivity index (χ1v) is 4.50. The highest BCUT2D eigenvalue weighted by Crippen LogP contribution is 2.15. The molecule has 0 fully saturated rings. The van der Waals surface area contributed by atoms with Crippen molar-refractivity contribution in [1.29, 1.82) is 0 Å². The number of fused-ring (bicyclic) bond motifs is 1. The van der Waals surface area contributed by atoms with Crippen LogP contribution in [0.1, 0.15) is 13.8 Å². The molecule has 0 aliphatic carbocycles. The fourth-order valence-corrected chi connectivity index (χ4v) is 1.53. The zero-order valence-electron chi connectivity index (χ0n) is 7.91. The highest BCUT2D eigenvalue weighted by molar-refractivity contribution is 5.95. The van der Waals surface area contributed by atoms with E-state index in [0.29, 0.717) is 0 Å². The maximum atomic E-state index is 4.51. The summed E-state index contributed by atoms with van der Waals surface area (Å²) in [6, 6.07) is 0. The molecule has 2 rings (SSSR count). The second-order valence-corrected chi connectivity index (χ2v) is 3.25. The number of hydrazine groups is 1. The third-order valence-corrected chi connectivity index (χ3v) is 2.04. The van der Waals surface area contributed by atoms with Gasteiger partial charge < -0.3 is 0 Å². The average Bonchev–Trinajstić information content (AvgIpc) is 2.40. The zero-order chi connectivity index (χ0) is 9.31. The molecule has 0 saturated heterocycles. The van der Waals surface area contributed by atoms with Gasteiger partial charge in [0.05, 0.1) is 0 Å². The Balaban J connectivity index is 2.19. The second-order valence-electron chi connectivity index (χ2n) is 3.25. The van der Waals surface area contributed by atoms with Crippen molar-refractivity contribution in [3.8, 4) is 0 Å². The summed E-state index contributed by atoms with van der Waals surface area (Å²) in [7, 11) is 0. The molecule has 2 N–H and O–H groups in total. The van der Waals surface area contributed by atoms with Crippen molar-refractivity contribution in [3.05, 3.63) is 24.4 Å². The van der Waals surface area contributed by atoms with Crippen LogP contribution >= 0.6 is 0 Å². The minimum absolute atomic E-state index is 0.358. The van der Waals surface area contributed by atoms with Gasteiger partial charge in [0.1, 0.15) is 5.84 Å². The van der Waals surface area contributed by atoms with Gasteiger partial charge in [0.15, 0.2) is 5.79 Å². The van der Waals surface area contributed by atoms with Crippen molar-refractivity contribution in [1.82, 2.24) is 15.8 Å². The molecule has 2 heterocycles. The first kappa shape index (κ1) is 8.47. The fourth-order valence-electron chi connectivity index (χ4n) is 1.53. The summed E-state index contributed by atoms with van der Waals surface area (Å²) >= 11 is 0. The van der Waals surface area contributed by atoms with Gasteiger partial charge in [0.25, 0.3) is 0 Å². The third kappa shape index (κ3) is 1.50. The molecule has 0 aromatic rings. The van der Waals surface area contributed by atoms with Gasteiger partial charge >= 0.3 is 0 Å². The van der Waals surface area contributed by atoms with Gasteiger partial charge in [-0.15, -0.1) is 0 Å². The van der Waals surface area contributed by atoms with Crippen molar-refractivity contribution < 1.29 is 0 Å². The molecule has 70 valence electrons. The minimum Gasteiger partial charge on any atom is -0.280 e. The highest BCUT2D eigenvalue weighted by Gasteiger charge is 2.32. The molecule has 4 nitrogen and oxygen atoms in total. The average molecular weight is 178 g/mol. The van der Waals surface area contributed by atoms with Gasteiger partial charge in [-0.2, -0.15) is 5.43 Å². The smallest absolute Gasteiger partial charge is 0.180 e. The lowest BCUT2D eigenvalue weighted by Crippen LogP contribution is -2.53. The van der Waals surface area contributed by atoms with E-state index in [1.54, 1.807) is 0 Å². The number of hydrogen-bond donors (Lipinski definition) is 2. The molecule has 1 atom stereocenters. The van der Waals surface area contributed by atoms with E-state index < -0.39 is 0 Å². The van der Waals surface area contributed by atoms with E-state index in [9.17, 15) is 0 Å². The molecule has 0 amide bonds. The maximum Gasteiger partial charge on any atom is 0.180 e. The van der Waals surface area contributed by atoms with Crippen molar-refractivity contribution in [3.63, 3.8) is 0 Å². The number of nitrogens with one attached hydrogen (secondary N) is 2. The van der Waals surface area contributed by atoms with Crippen molar-refractivity contribution >= 4 is 5.84 Å². The Labute approximate surface area is 78.0 Å². The molecule has 2 aliphatic heterocycles. The normalized spacial score (nSPS) is 30.6. The van der Waals surface area contributed by atoms with E-state index in [-0.39, 0.29) is 5.79 Å². The number of hydrogen-bond acceptors (Lipinski definition) is 4. The number of aliphatic imine (C=N–C) groups is 1. The molecular weight excluding hydrogens is 164 g/mol. The van der Waals surface area contributed by atoms with E-state index in [4.69, 9.17) is 0 Å². The van der Waals surface area contributed by atoms with E-state index in [2.05, 4.69) is 22.7 Å². The Bertz CT molecular complexity index is 292. The quantitative estimate of drug-likeness (QED) is 0.649. The first-order chi connectivity index (χ1) is 6.23. The lowest BCUT2D eigenvalue weighted by atomic mass is 10.4. The molecule has 0 saturated carbocycles. The van der Waals surface area contributed by atoms with Crippen LogP contribution in [-0.4, -0.2) is 23.2 Å². The van der Waals surface area contributed by atoms with Gasteiger partial charge in [-0.25, -0.2) is 4.99 Å². The molecule has 0 radical (unpaired) electrons. The largest absolute Gasteiger partial charge is 0.280 e. The number of nitrogens with zero attached hydrogens (tertiary/aromatic N) is 2. The van der Waals surface area contributed by atoms with Crippen molar-refractivity contribution in [2.75, 3.05) is 6.54 Å². The Kier molecular flexibility index (Phi) is 1.94. The highest BCUT2D eigenvalue weighted by atomic mass is 15.7. The predicted molar refractivity (Wildman–Crippen MR) is 52.8 cm³/mol. The van der Waals surface area contributed by atoms with Crippen LogP contribution in [0.4, 0.5) is 0 Å². The van der Waals surface area contributed by atoms with Crippen LogP contribution in [-0.2, 0) is 0 Å². The number of amidine groups is 1. The van der Waals surface area contributed by atoms with E-state index >= 15 is 0 Å². The summed E-state index contributed by atoms with van der Waals surface area (Å²) in [5.74, 6) is 0.592. The number of allylic oxidation sites excluding steroid dienone is 2. The molecule has 0 bridgehead atoms. The van der Waals surface area contributed by atoms with Crippen LogP contribution in [0.2, 0.25) is 0 Å². The summed E-state index contributed by atoms with van der Waals surface area (Å²) in [5.41, 5.74) is 3.25. The lowest BCUT2D eigenvalue weighted by molar-refractivity contribution is 0.238. The van der Waals surface area contributed by atoms with Gasteiger partial charge in [-0.05, 0) is 25.6 Å². The van der Waals surface area contributed by atoms with Crippen molar-refractivity contribution in [2.45, 2.75) is 19.6 Å². The summed E-state index contributed by atoms with van der Waals surface area (Å²) in [6.45, 7) is 4.97. The Hall–Kier alpha value is -1.13. The van der Waals surface area contributed by atoms with Crippen LogP contribution in [0.5, 0.6) is 0 Å². The fraction of sp³-hybridized carbons (Fsp3) is 0.444. The zero-order valence-corrected chi connectivity index (χ0v) is 7.91. The number of rotatable bonds is 2. The summed E-state index contributed by atoms with van der Waals surface area (Å²) in [5, 5.41) is 5.19. The van der Waals surface area contributed by atoms with E-state index in [0.717, 1.165) is 12.4 Å². The molecular formula is C9H14N4. The molecule has 2 aliphatic rings. The summed E-state index contributed by atoms with van der Waals surface area (Å²) in [6.07, 6.45) is 7.90. The first-order valence-electron chi connectivity index (χ1n) is 4.50. The van der Waals surface area contributed by atoms with Crippen LogP contribution in [0.15, 0.2) is 29.4 Å². The molecule has 1 unspecified atom stereocenters. The van der Waals surface area contributed by atoms with Crippen LogP contribution in [0.3, 0.4) is 0 Å². The van der Waals surface area contributed by atoms with Crippen LogP contribution in [0.25, 0.3) is 0 Å². The second kappa shape index (κ2) is 2.97. The molecule has 0 aromatic carbocycles. The van der Waals surface area contributed by atoms with Gasteiger partial charge in [-0.3, -0.25) is 10.3 Å². The van der Waals surface area contributed by atoms with Gasteiger partial charge in [-0.1, -0.05) is 13.0 Å². The summed E-state index contributed by atoms with van der Waals surface area (Å²) < 4.78 is 0. The summed E-state index contributed by atoms with van der Waals surface area (Å²) in [4.78, 5) is 4.51. The third-order valence-electron chi connectivity index (χ3n) is 2.04. The van der Waals surface area contributed by atoms with E-state index in [1.165, 1.54) is 0 Å². The lowest BCUT2D eigenvalue weighted by Gasteiger charge is -2.24.